The third-order valence-electron chi connectivity index (χ3n) is 4.01. The van der Waals surface area contributed by atoms with Crippen molar-refractivity contribution in [3.63, 3.8) is 0 Å². The maximum Gasteiger partial charge on any atom is 0.258 e. The van der Waals surface area contributed by atoms with Crippen LogP contribution >= 0.6 is 0 Å². The Morgan fingerprint density at radius 2 is 1.95 bits per heavy atom. The zero-order chi connectivity index (χ0) is 15.1. The Morgan fingerprint density at radius 3 is 2.82 bits per heavy atom. The van der Waals surface area contributed by atoms with Gasteiger partial charge in [0.05, 0.1) is 24.5 Å². The van der Waals surface area contributed by atoms with Crippen LogP contribution < -0.4 is 14.8 Å². The van der Waals surface area contributed by atoms with E-state index in [-0.39, 0.29) is 5.56 Å². The maximum atomic E-state index is 13.8. The Labute approximate surface area is 126 Å². The minimum Gasteiger partial charge on any atom is -0.493 e. The molecule has 1 N–H and O–H groups in total. The van der Waals surface area contributed by atoms with Gasteiger partial charge >= 0.3 is 0 Å². The summed E-state index contributed by atoms with van der Waals surface area (Å²) >= 11 is 0. The fourth-order valence-electron chi connectivity index (χ4n) is 2.94. The number of anilines is 1. The molecule has 0 radical (unpaired) electrons. The standard InChI is InChI=1S/C17H14FNO3/c18-13-4-2-1-3-11(13)17(20)19-15-12-6-8-21-14(12)9-10-5-7-22-16(10)15/h1-4,9H,5-8H2,(H,19,20). The van der Waals surface area contributed by atoms with Gasteiger partial charge in [0.25, 0.3) is 5.91 Å². The molecule has 1 amide bonds. The fourth-order valence-corrected chi connectivity index (χ4v) is 2.94. The second-order valence-corrected chi connectivity index (χ2v) is 5.35. The first kappa shape index (κ1) is 13.1. The van der Waals surface area contributed by atoms with Crippen LogP contribution in [0.2, 0.25) is 0 Å². The highest BCUT2D eigenvalue weighted by Crippen LogP contribution is 2.44. The van der Waals surface area contributed by atoms with Gasteiger partial charge < -0.3 is 14.8 Å². The predicted molar refractivity (Wildman–Crippen MR) is 79.2 cm³/mol. The second kappa shape index (κ2) is 5.02. The molecule has 0 bridgehead atoms. The molecule has 2 heterocycles. The number of ether oxygens (including phenoxy) is 2. The van der Waals surface area contributed by atoms with Gasteiger partial charge in [-0.1, -0.05) is 12.1 Å². The van der Waals surface area contributed by atoms with E-state index in [1.165, 1.54) is 12.1 Å². The van der Waals surface area contributed by atoms with Crippen LogP contribution in [0.3, 0.4) is 0 Å². The highest BCUT2D eigenvalue weighted by molar-refractivity contribution is 6.06. The first-order valence-electron chi connectivity index (χ1n) is 7.24. The van der Waals surface area contributed by atoms with Crippen LogP contribution in [0.25, 0.3) is 0 Å². The molecule has 0 saturated carbocycles. The molecule has 0 fully saturated rings. The van der Waals surface area contributed by atoms with Gasteiger partial charge in [-0.2, -0.15) is 0 Å². The fraction of sp³-hybridized carbons (Fsp3) is 0.235. The third kappa shape index (κ3) is 2.01. The molecular formula is C17H14FNO3. The van der Waals surface area contributed by atoms with Crippen LogP contribution in [0.5, 0.6) is 11.5 Å². The minimum atomic E-state index is -0.540. The molecule has 0 aromatic heterocycles. The number of carbonyl (C=O) groups excluding carboxylic acids is 1. The van der Waals surface area contributed by atoms with Crippen molar-refractivity contribution in [2.24, 2.45) is 0 Å². The van der Waals surface area contributed by atoms with Crippen molar-refractivity contribution < 1.29 is 18.7 Å². The Kier molecular flexibility index (Phi) is 2.99. The van der Waals surface area contributed by atoms with Crippen molar-refractivity contribution in [1.29, 1.82) is 0 Å². The summed E-state index contributed by atoms with van der Waals surface area (Å²) in [6.07, 6.45) is 1.49. The van der Waals surface area contributed by atoms with Gasteiger partial charge in [0.15, 0.2) is 0 Å². The summed E-state index contributed by atoms with van der Waals surface area (Å²) in [5, 5.41) is 2.82. The molecule has 2 aromatic rings. The largest absolute Gasteiger partial charge is 0.493 e. The Balaban J connectivity index is 1.75. The highest BCUT2D eigenvalue weighted by Gasteiger charge is 2.28. The smallest absolute Gasteiger partial charge is 0.258 e. The van der Waals surface area contributed by atoms with Crippen LogP contribution in [0.4, 0.5) is 10.1 Å². The topological polar surface area (TPSA) is 47.6 Å². The number of halogens is 1. The quantitative estimate of drug-likeness (QED) is 0.927. The molecule has 0 unspecified atom stereocenters. The molecule has 4 nitrogen and oxygen atoms in total. The lowest BCUT2D eigenvalue weighted by Gasteiger charge is -2.14. The van der Waals surface area contributed by atoms with Crippen LogP contribution in [0.15, 0.2) is 30.3 Å². The third-order valence-corrected chi connectivity index (χ3v) is 4.01. The summed E-state index contributed by atoms with van der Waals surface area (Å²) in [4.78, 5) is 12.4. The summed E-state index contributed by atoms with van der Waals surface area (Å²) in [6, 6.07) is 7.90. The Hall–Kier alpha value is -2.56. The van der Waals surface area contributed by atoms with E-state index < -0.39 is 11.7 Å². The molecule has 2 aromatic carbocycles. The van der Waals surface area contributed by atoms with Crippen molar-refractivity contribution in [2.75, 3.05) is 18.5 Å². The molecule has 2 aliphatic heterocycles. The van der Waals surface area contributed by atoms with Gasteiger partial charge in [-0.15, -0.1) is 0 Å². The highest BCUT2D eigenvalue weighted by atomic mass is 19.1. The molecule has 2 aliphatic rings. The van der Waals surface area contributed by atoms with Gasteiger partial charge in [0.1, 0.15) is 17.3 Å². The van der Waals surface area contributed by atoms with Crippen LogP contribution in [-0.2, 0) is 12.8 Å². The number of fused-ring (bicyclic) bond motifs is 2. The average molecular weight is 299 g/mol. The molecule has 5 heteroatoms. The van der Waals surface area contributed by atoms with Crippen LogP contribution in [0, 0.1) is 5.82 Å². The lowest BCUT2D eigenvalue weighted by atomic mass is 10.0. The van der Waals surface area contributed by atoms with Gasteiger partial charge in [0.2, 0.25) is 0 Å². The normalized spacial score (nSPS) is 14.8. The number of benzene rings is 2. The minimum absolute atomic E-state index is 0.0192. The number of rotatable bonds is 2. The lowest BCUT2D eigenvalue weighted by Crippen LogP contribution is -2.15. The maximum absolute atomic E-state index is 13.8. The molecule has 0 aliphatic carbocycles. The number of amides is 1. The number of hydrogen-bond donors (Lipinski definition) is 1. The Morgan fingerprint density at radius 1 is 1.14 bits per heavy atom. The number of hydrogen-bond acceptors (Lipinski definition) is 3. The summed E-state index contributed by atoms with van der Waals surface area (Å²) in [6.45, 7) is 1.17. The van der Waals surface area contributed by atoms with E-state index in [1.54, 1.807) is 12.1 Å². The summed E-state index contributed by atoms with van der Waals surface area (Å²) in [5.41, 5.74) is 2.58. The van der Waals surface area contributed by atoms with Crippen molar-refractivity contribution in [3.8, 4) is 11.5 Å². The molecule has 112 valence electrons. The number of nitrogens with one attached hydrogen (secondary N) is 1. The molecule has 22 heavy (non-hydrogen) atoms. The molecule has 0 atom stereocenters. The molecule has 0 spiro atoms. The summed E-state index contributed by atoms with van der Waals surface area (Å²) < 4.78 is 25.0. The van der Waals surface area contributed by atoms with E-state index in [2.05, 4.69) is 5.32 Å². The average Bonchev–Trinajstić information content (AvgIpc) is 3.15. The monoisotopic (exact) mass is 299 g/mol. The van der Waals surface area contributed by atoms with E-state index in [4.69, 9.17) is 9.47 Å². The van der Waals surface area contributed by atoms with Gasteiger partial charge in [0, 0.05) is 24.0 Å². The molecular weight excluding hydrogens is 285 g/mol. The van der Waals surface area contributed by atoms with Gasteiger partial charge in [-0.3, -0.25) is 4.79 Å². The zero-order valence-corrected chi connectivity index (χ0v) is 11.8. The van der Waals surface area contributed by atoms with Crippen molar-refractivity contribution in [3.05, 3.63) is 52.8 Å². The molecule has 4 rings (SSSR count). The first-order valence-corrected chi connectivity index (χ1v) is 7.24. The van der Waals surface area contributed by atoms with E-state index in [0.29, 0.717) is 31.1 Å². The van der Waals surface area contributed by atoms with Crippen molar-refractivity contribution in [2.45, 2.75) is 12.8 Å². The summed E-state index contributed by atoms with van der Waals surface area (Å²) in [5.74, 6) is 0.458. The Bertz CT molecular complexity index is 740. The van der Waals surface area contributed by atoms with Gasteiger partial charge in [-0.05, 0) is 18.2 Å². The van der Waals surface area contributed by atoms with E-state index >= 15 is 0 Å². The second-order valence-electron chi connectivity index (χ2n) is 5.35. The van der Waals surface area contributed by atoms with Crippen LogP contribution in [-0.4, -0.2) is 19.1 Å². The van der Waals surface area contributed by atoms with Crippen molar-refractivity contribution in [1.82, 2.24) is 0 Å². The van der Waals surface area contributed by atoms with E-state index in [0.717, 1.165) is 23.3 Å². The van der Waals surface area contributed by atoms with Crippen molar-refractivity contribution >= 4 is 11.6 Å². The molecule has 0 saturated heterocycles. The predicted octanol–water partition coefficient (Wildman–Crippen LogP) is 2.95. The van der Waals surface area contributed by atoms with E-state index in [9.17, 15) is 9.18 Å². The zero-order valence-electron chi connectivity index (χ0n) is 11.8. The SMILES string of the molecule is O=C(Nc1c2c(cc3c1OCC3)OCC2)c1ccccc1F. The number of carbonyl (C=O) groups is 1. The lowest BCUT2D eigenvalue weighted by molar-refractivity contribution is 0.102. The summed E-state index contributed by atoms with van der Waals surface area (Å²) in [7, 11) is 0. The van der Waals surface area contributed by atoms with Gasteiger partial charge in [-0.25, -0.2) is 4.39 Å². The van der Waals surface area contributed by atoms with Crippen LogP contribution in [0.1, 0.15) is 21.5 Å². The first-order chi connectivity index (χ1) is 10.7. The van der Waals surface area contributed by atoms with E-state index in [1.807, 2.05) is 6.07 Å².